The minimum absolute atomic E-state index is 0.121. The van der Waals surface area contributed by atoms with Crippen LogP contribution in [-0.2, 0) is 20.7 Å². The summed E-state index contributed by atoms with van der Waals surface area (Å²) in [4.78, 5) is 54.3. The van der Waals surface area contributed by atoms with Gasteiger partial charge in [-0.25, -0.2) is 9.69 Å². The number of hydrogen-bond donors (Lipinski definition) is 0. The van der Waals surface area contributed by atoms with Crippen molar-refractivity contribution in [1.29, 1.82) is 0 Å². The molecule has 0 bridgehead atoms. The van der Waals surface area contributed by atoms with Crippen molar-refractivity contribution >= 4 is 52.3 Å². The molecule has 0 aliphatic carbocycles. The Morgan fingerprint density at radius 2 is 1.88 bits per heavy atom. The van der Waals surface area contributed by atoms with E-state index < -0.39 is 23.8 Å². The fourth-order valence-electron chi connectivity index (χ4n) is 3.88. The molecule has 1 aromatic heterocycles. The van der Waals surface area contributed by atoms with Crippen molar-refractivity contribution < 1.29 is 23.9 Å². The summed E-state index contributed by atoms with van der Waals surface area (Å²) >= 11 is 7.37. The lowest BCUT2D eigenvalue weighted by Gasteiger charge is -2.27. The SMILES string of the molecule is COC(=O)c1ccc(N2C(=O)CC(N(CCc3cccc(Cl)c3)C(=O)c3cccs3)C2=O)cc1. The first-order valence-electron chi connectivity index (χ1n) is 10.5. The summed E-state index contributed by atoms with van der Waals surface area (Å²) in [6.45, 7) is 0.246. The minimum Gasteiger partial charge on any atom is -0.465 e. The second kappa shape index (κ2) is 10.2. The standard InChI is InChI=1S/C25H21ClN2O5S/c1-33-25(32)17-7-9-19(10-8-17)28-22(29)15-20(23(28)30)27(24(31)21-6-3-13-34-21)12-11-16-4-2-5-18(26)14-16/h2-10,13-14,20H,11-12,15H2,1H3. The summed E-state index contributed by atoms with van der Waals surface area (Å²) in [6, 6.07) is 15.8. The van der Waals surface area contributed by atoms with Gasteiger partial charge in [0, 0.05) is 11.6 Å². The first-order valence-corrected chi connectivity index (χ1v) is 11.8. The molecular weight excluding hydrogens is 476 g/mol. The highest BCUT2D eigenvalue weighted by Gasteiger charge is 2.44. The third-order valence-corrected chi connectivity index (χ3v) is 6.66. The molecule has 1 aliphatic heterocycles. The number of esters is 1. The number of nitrogens with zero attached hydrogens (tertiary/aromatic N) is 2. The van der Waals surface area contributed by atoms with Crippen LogP contribution in [0.2, 0.25) is 5.02 Å². The van der Waals surface area contributed by atoms with E-state index in [1.54, 1.807) is 23.6 Å². The molecule has 2 heterocycles. The molecule has 2 aromatic carbocycles. The topological polar surface area (TPSA) is 84.0 Å². The van der Waals surface area contributed by atoms with Gasteiger partial charge in [-0.15, -0.1) is 11.3 Å². The first-order chi connectivity index (χ1) is 16.4. The van der Waals surface area contributed by atoms with Crippen LogP contribution in [-0.4, -0.2) is 48.3 Å². The minimum atomic E-state index is -0.929. The highest BCUT2D eigenvalue weighted by Crippen LogP contribution is 2.28. The van der Waals surface area contributed by atoms with Gasteiger partial charge in [-0.1, -0.05) is 29.8 Å². The normalized spacial score (nSPS) is 15.5. The summed E-state index contributed by atoms with van der Waals surface area (Å²) in [5, 5.41) is 2.38. The molecule has 4 rings (SSSR count). The highest BCUT2D eigenvalue weighted by atomic mass is 35.5. The maximum atomic E-state index is 13.4. The van der Waals surface area contributed by atoms with E-state index in [1.165, 1.54) is 47.6 Å². The highest BCUT2D eigenvalue weighted by molar-refractivity contribution is 7.12. The molecule has 1 atom stereocenters. The zero-order valence-electron chi connectivity index (χ0n) is 18.3. The maximum absolute atomic E-state index is 13.4. The zero-order chi connectivity index (χ0) is 24.2. The summed E-state index contributed by atoms with van der Waals surface area (Å²) < 4.78 is 4.69. The van der Waals surface area contributed by atoms with E-state index in [9.17, 15) is 19.2 Å². The predicted octanol–water partition coefficient (Wildman–Crippen LogP) is 4.21. The van der Waals surface area contributed by atoms with E-state index in [2.05, 4.69) is 4.74 Å². The second-order valence-electron chi connectivity index (χ2n) is 7.68. The number of amides is 3. The van der Waals surface area contributed by atoms with Crippen LogP contribution in [0.4, 0.5) is 5.69 Å². The Kier molecular flexibility index (Phi) is 7.09. The lowest BCUT2D eigenvalue weighted by Crippen LogP contribution is -2.46. The van der Waals surface area contributed by atoms with E-state index >= 15 is 0 Å². The molecule has 174 valence electrons. The van der Waals surface area contributed by atoms with Crippen molar-refractivity contribution in [1.82, 2.24) is 4.90 Å². The van der Waals surface area contributed by atoms with Crippen molar-refractivity contribution in [3.8, 4) is 0 Å². The van der Waals surface area contributed by atoms with Crippen LogP contribution in [0, 0.1) is 0 Å². The van der Waals surface area contributed by atoms with Crippen molar-refractivity contribution in [2.75, 3.05) is 18.6 Å². The van der Waals surface area contributed by atoms with Crippen LogP contribution in [0.25, 0.3) is 0 Å². The van der Waals surface area contributed by atoms with E-state index in [4.69, 9.17) is 11.6 Å². The lowest BCUT2D eigenvalue weighted by atomic mass is 10.1. The smallest absolute Gasteiger partial charge is 0.337 e. The zero-order valence-corrected chi connectivity index (χ0v) is 19.8. The maximum Gasteiger partial charge on any atom is 0.337 e. The fraction of sp³-hybridized carbons (Fsp3) is 0.200. The number of imide groups is 1. The van der Waals surface area contributed by atoms with Crippen molar-refractivity contribution in [2.45, 2.75) is 18.9 Å². The number of carbonyl (C=O) groups is 4. The van der Waals surface area contributed by atoms with Crippen molar-refractivity contribution in [3.63, 3.8) is 0 Å². The van der Waals surface area contributed by atoms with Gasteiger partial charge < -0.3 is 9.64 Å². The Hall–Kier alpha value is -3.49. The van der Waals surface area contributed by atoms with Gasteiger partial charge in [0.25, 0.3) is 11.8 Å². The van der Waals surface area contributed by atoms with Crippen LogP contribution in [0.1, 0.15) is 32.0 Å². The summed E-state index contributed by atoms with van der Waals surface area (Å²) in [6.07, 6.45) is 0.355. The van der Waals surface area contributed by atoms with Crippen LogP contribution < -0.4 is 4.90 Å². The van der Waals surface area contributed by atoms with Gasteiger partial charge in [0.2, 0.25) is 5.91 Å². The number of halogens is 1. The summed E-state index contributed by atoms with van der Waals surface area (Å²) in [7, 11) is 1.27. The van der Waals surface area contributed by atoms with E-state index in [0.717, 1.165) is 10.5 Å². The Labute approximate surface area is 205 Å². The van der Waals surface area contributed by atoms with Gasteiger partial charge >= 0.3 is 5.97 Å². The molecule has 1 fully saturated rings. The first kappa shape index (κ1) is 23.7. The van der Waals surface area contributed by atoms with Crippen molar-refractivity contribution in [3.05, 3.63) is 87.1 Å². The van der Waals surface area contributed by atoms with Gasteiger partial charge in [0.15, 0.2) is 0 Å². The molecule has 7 nitrogen and oxygen atoms in total. The summed E-state index contributed by atoms with van der Waals surface area (Å²) in [5.74, 6) is -1.71. The molecule has 3 aromatic rings. The van der Waals surface area contributed by atoms with Gasteiger partial charge in [0.05, 0.1) is 29.7 Å². The van der Waals surface area contributed by atoms with Crippen LogP contribution in [0.15, 0.2) is 66.0 Å². The molecule has 34 heavy (non-hydrogen) atoms. The number of ether oxygens (including phenoxy) is 1. The Morgan fingerprint density at radius 1 is 1.12 bits per heavy atom. The lowest BCUT2D eigenvalue weighted by molar-refractivity contribution is -0.122. The molecule has 3 amide bonds. The van der Waals surface area contributed by atoms with Gasteiger partial charge in [-0.2, -0.15) is 0 Å². The third kappa shape index (κ3) is 4.88. The van der Waals surface area contributed by atoms with E-state index in [-0.39, 0.29) is 18.9 Å². The number of thiophene rings is 1. The second-order valence-corrected chi connectivity index (χ2v) is 9.07. The van der Waals surface area contributed by atoms with Gasteiger partial charge in [0.1, 0.15) is 6.04 Å². The van der Waals surface area contributed by atoms with Crippen LogP contribution in [0.3, 0.4) is 0 Å². The quantitative estimate of drug-likeness (QED) is 0.361. The Balaban J connectivity index is 1.59. The van der Waals surface area contributed by atoms with Gasteiger partial charge in [-0.3, -0.25) is 14.4 Å². The molecule has 0 spiro atoms. The van der Waals surface area contributed by atoms with E-state index in [0.29, 0.717) is 27.6 Å². The molecule has 0 N–H and O–H groups in total. The van der Waals surface area contributed by atoms with Crippen molar-refractivity contribution in [2.24, 2.45) is 0 Å². The fourth-order valence-corrected chi connectivity index (χ4v) is 4.77. The number of rotatable bonds is 7. The molecule has 0 saturated carbocycles. The largest absolute Gasteiger partial charge is 0.465 e. The molecule has 1 saturated heterocycles. The molecular formula is C25H21ClN2O5S. The number of benzene rings is 2. The average molecular weight is 497 g/mol. The Morgan fingerprint density at radius 3 is 2.53 bits per heavy atom. The monoisotopic (exact) mass is 496 g/mol. The molecule has 9 heteroatoms. The molecule has 1 unspecified atom stereocenters. The number of carbonyl (C=O) groups excluding carboxylic acids is 4. The predicted molar refractivity (Wildman–Crippen MR) is 129 cm³/mol. The molecule has 0 radical (unpaired) electrons. The number of hydrogen-bond acceptors (Lipinski definition) is 6. The summed E-state index contributed by atoms with van der Waals surface area (Å²) in [5.41, 5.74) is 1.56. The Bertz CT molecular complexity index is 1230. The number of anilines is 1. The van der Waals surface area contributed by atoms with E-state index in [1.807, 2.05) is 18.2 Å². The molecule has 1 aliphatic rings. The average Bonchev–Trinajstić information content (AvgIpc) is 3.47. The number of methoxy groups -OCH3 is 1. The van der Waals surface area contributed by atoms with Crippen LogP contribution in [0.5, 0.6) is 0 Å². The van der Waals surface area contributed by atoms with Gasteiger partial charge in [-0.05, 0) is 59.8 Å². The van der Waals surface area contributed by atoms with Crippen LogP contribution >= 0.6 is 22.9 Å². The third-order valence-electron chi connectivity index (χ3n) is 5.57.